The van der Waals surface area contributed by atoms with E-state index in [1.807, 2.05) is 30.3 Å². The molecule has 15 heavy (non-hydrogen) atoms. The zero-order valence-corrected chi connectivity index (χ0v) is 8.31. The predicted molar refractivity (Wildman–Crippen MR) is 53.8 cm³/mol. The van der Waals surface area contributed by atoms with E-state index < -0.39 is 6.04 Å². The van der Waals surface area contributed by atoms with E-state index in [0.717, 1.165) is 5.56 Å². The van der Waals surface area contributed by atoms with Gasteiger partial charge in [0.2, 0.25) is 0 Å². The molecule has 0 aliphatic carbocycles. The minimum Gasteiger partial charge on any atom is -0.634 e. The fraction of sp³-hybridized carbons (Fsp3) is 0.364. The van der Waals surface area contributed by atoms with Crippen molar-refractivity contribution in [3.8, 4) is 0 Å². The molecule has 1 aliphatic rings. The van der Waals surface area contributed by atoms with Crippen LogP contribution in [0.3, 0.4) is 0 Å². The van der Waals surface area contributed by atoms with Crippen molar-refractivity contribution in [3.05, 3.63) is 41.1 Å². The monoisotopic (exact) mass is 207 g/mol. The third-order valence-electron chi connectivity index (χ3n) is 2.58. The van der Waals surface area contributed by atoms with Gasteiger partial charge in [0, 0.05) is 0 Å². The van der Waals surface area contributed by atoms with Gasteiger partial charge in [0.1, 0.15) is 6.61 Å². The largest absolute Gasteiger partial charge is 0.634 e. The highest BCUT2D eigenvalue weighted by atomic mass is 16.6. The number of hydrogen-bond acceptors (Lipinski definition) is 3. The van der Waals surface area contributed by atoms with Crippen molar-refractivity contribution in [1.29, 1.82) is 0 Å². The van der Waals surface area contributed by atoms with E-state index in [1.54, 1.807) is 0 Å². The lowest BCUT2D eigenvalue weighted by Gasteiger charge is -2.37. The van der Waals surface area contributed by atoms with Crippen LogP contribution in [0.1, 0.15) is 12.0 Å². The van der Waals surface area contributed by atoms with Crippen molar-refractivity contribution in [2.24, 2.45) is 0 Å². The second kappa shape index (κ2) is 4.42. The Bertz CT molecular complexity index is 339. The average molecular weight is 207 g/mol. The van der Waals surface area contributed by atoms with Gasteiger partial charge in [-0.15, -0.1) is 0 Å². The van der Waals surface area contributed by atoms with Crippen LogP contribution in [-0.2, 0) is 16.1 Å². The molecule has 1 fully saturated rings. The maximum absolute atomic E-state index is 11.4. The molecule has 1 aromatic carbocycles. The highest BCUT2D eigenvalue weighted by Crippen LogP contribution is 2.04. The summed E-state index contributed by atoms with van der Waals surface area (Å²) in [5.41, 5.74) is 0.942. The van der Waals surface area contributed by atoms with E-state index in [-0.39, 0.29) is 17.6 Å². The summed E-state index contributed by atoms with van der Waals surface area (Å²) in [7, 11) is 0. The van der Waals surface area contributed by atoms with Gasteiger partial charge in [-0.05, 0) is 5.56 Å². The first-order chi connectivity index (χ1) is 7.27. The van der Waals surface area contributed by atoms with Crippen molar-refractivity contribution in [2.45, 2.75) is 19.1 Å². The summed E-state index contributed by atoms with van der Waals surface area (Å²) in [6.07, 6.45) is 0.645. The maximum atomic E-state index is 11.4. The van der Waals surface area contributed by atoms with Crippen LogP contribution in [0.25, 0.3) is 0 Å². The fourth-order valence-corrected chi connectivity index (χ4v) is 1.49. The number of nitrogens with one attached hydrogen (secondary N) is 1. The van der Waals surface area contributed by atoms with Crippen molar-refractivity contribution < 1.29 is 14.6 Å². The number of esters is 1. The molecular formula is C11H13NO3. The second-order valence-electron chi connectivity index (χ2n) is 3.65. The third kappa shape index (κ3) is 2.34. The van der Waals surface area contributed by atoms with Crippen LogP contribution in [0.15, 0.2) is 30.3 Å². The van der Waals surface area contributed by atoms with Gasteiger partial charge in [0.05, 0.1) is 13.0 Å². The molecule has 0 amide bonds. The second-order valence-corrected chi connectivity index (χ2v) is 3.65. The molecule has 2 atom stereocenters. The minimum atomic E-state index is -0.492. The quantitative estimate of drug-likeness (QED) is 0.555. The van der Waals surface area contributed by atoms with Crippen LogP contribution >= 0.6 is 0 Å². The number of benzene rings is 1. The summed E-state index contributed by atoms with van der Waals surface area (Å²) >= 11 is 0. The van der Waals surface area contributed by atoms with E-state index in [4.69, 9.17) is 4.74 Å². The first-order valence-electron chi connectivity index (χ1n) is 5.00. The summed E-state index contributed by atoms with van der Waals surface area (Å²) < 4.78 is 5.04. The molecule has 1 aliphatic heterocycles. The standard InChI is InChI=1S/C11H13NO3/c13-11(10-6-7-12(10)14)15-8-9-4-2-1-3-5-9/h1-5,10,12H,6-8H2. The number of hydroxylamine groups is 2. The zero-order chi connectivity index (χ0) is 10.7. The molecule has 1 aromatic rings. The minimum absolute atomic E-state index is 0.00746. The van der Waals surface area contributed by atoms with Crippen LogP contribution < -0.4 is 5.06 Å². The Hall–Kier alpha value is -1.39. The molecule has 1 N–H and O–H groups in total. The van der Waals surface area contributed by atoms with Gasteiger partial charge in [-0.1, -0.05) is 30.3 Å². The fourth-order valence-electron chi connectivity index (χ4n) is 1.49. The lowest BCUT2D eigenvalue weighted by Crippen LogP contribution is -3.19. The number of rotatable bonds is 3. The Morgan fingerprint density at radius 2 is 2.20 bits per heavy atom. The van der Waals surface area contributed by atoms with Crippen molar-refractivity contribution >= 4 is 5.97 Å². The van der Waals surface area contributed by atoms with E-state index in [1.165, 1.54) is 0 Å². The highest BCUT2D eigenvalue weighted by Gasteiger charge is 2.34. The predicted octanol–water partition coefficient (Wildman–Crippen LogP) is -0.115. The molecule has 4 heteroatoms. The summed E-state index contributed by atoms with van der Waals surface area (Å²) in [5.74, 6) is -0.380. The number of carbonyl (C=O) groups excluding carboxylic acids is 1. The van der Waals surface area contributed by atoms with Crippen molar-refractivity contribution in [3.63, 3.8) is 0 Å². The Kier molecular flexibility index (Phi) is 2.99. The smallest absolute Gasteiger partial charge is 0.365 e. The maximum Gasteiger partial charge on any atom is 0.365 e. The lowest BCUT2D eigenvalue weighted by molar-refractivity contribution is -0.909. The van der Waals surface area contributed by atoms with Gasteiger partial charge in [0.25, 0.3) is 0 Å². The summed E-state index contributed by atoms with van der Waals surface area (Å²) in [4.78, 5) is 11.4. The third-order valence-corrected chi connectivity index (χ3v) is 2.58. The van der Waals surface area contributed by atoms with Gasteiger partial charge in [-0.3, -0.25) is 0 Å². The molecule has 0 bridgehead atoms. The molecular weight excluding hydrogens is 194 g/mol. The van der Waals surface area contributed by atoms with Crippen molar-refractivity contribution in [2.75, 3.05) is 6.54 Å². The molecule has 2 rings (SSSR count). The Morgan fingerprint density at radius 1 is 1.47 bits per heavy atom. The highest BCUT2D eigenvalue weighted by molar-refractivity contribution is 5.74. The van der Waals surface area contributed by atoms with E-state index in [0.29, 0.717) is 13.0 Å². The van der Waals surface area contributed by atoms with Gasteiger partial charge in [-0.25, -0.2) is 4.79 Å². The summed E-state index contributed by atoms with van der Waals surface area (Å²) in [5, 5.41) is 11.0. The van der Waals surface area contributed by atoms with Crippen LogP contribution in [0.2, 0.25) is 0 Å². The molecule has 4 nitrogen and oxygen atoms in total. The normalized spacial score (nSPS) is 24.3. The number of hydrogen-bond donors (Lipinski definition) is 1. The van der Waals surface area contributed by atoms with Crippen LogP contribution in [0.4, 0.5) is 0 Å². The Morgan fingerprint density at radius 3 is 2.73 bits per heavy atom. The molecule has 0 aromatic heterocycles. The molecule has 0 radical (unpaired) electrons. The molecule has 1 saturated heterocycles. The van der Waals surface area contributed by atoms with E-state index in [9.17, 15) is 10.0 Å². The molecule has 1 heterocycles. The average Bonchev–Trinajstić information content (AvgIpc) is 2.26. The summed E-state index contributed by atoms with van der Waals surface area (Å²) in [6, 6.07) is 8.95. The lowest BCUT2D eigenvalue weighted by atomic mass is 10.1. The number of carbonyl (C=O) groups is 1. The Balaban J connectivity index is 1.81. The van der Waals surface area contributed by atoms with Gasteiger partial charge < -0.3 is 15.0 Å². The molecule has 0 spiro atoms. The number of quaternary nitrogens is 1. The van der Waals surface area contributed by atoms with Crippen LogP contribution in [0, 0.1) is 5.21 Å². The van der Waals surface area contributed by atoms with Gasteiger partial charge in [-0.2, -0.15) is 0 Å². The van der Waals surface area contributed by atoms with Gasteiger partial charge >= 0.3 is 5.97 Å². The Labute approximate surface area is 88.0 Å². The topological polar surface area (TPSA) is 53.8 Å². The first kappa shape index (κ1) is 10.1. The summed E-state index contributed by atoms with van der Waals surface area (Å²) in [6.45, 7) is 0.772. The zero-order valence-electron chi connectivity index (χ0n) is 8.31. The molecule has 2 unspecified atom stereocenters. The van der Waals surface area contributed by atoms with Crippen LogP contribution in [0.5, 0.6) is 0 Å². The van der Waals surface area contributed by atoms with Gasteiger partial charge in [0.15, 0.2) is 6.04 Å². The van der Waals surface area contributed by atoms with Crippen molar-refractivity contribution in [1.82, 2.24) is 0 Å². The van der Waals surface area contributed by atoms with E-state index >= 15 is 0 Å². The molecule has 0 saturated carbocycles. The SMILES string of the molecule is O=C(OCc1ccccc1)C1CC[NH+]1[O-]. The van der Waals surface area contributed by atoms with E-state index in [2.05, 4.69) is 0 Å². The first-order valence-corrected chi connectivity index (χ1v) is 5.00. The van der Waals surface area contributed by atoms with Crippen LogP contribution in [-0.4, -0.2) is 18.6 Å². The number of ether oxygens (including phenoxy) is 1. The molecule has 80 valence electrons.